The van der Waals surface area contributed by atoms with Crippen LogP contribution in [0.15, 0.2) is 35.5 Å². The number of nitrogens with zero attached hydrogens (tertiary/aromatic N) is 3. The lowest BCUT2D eigenvalue weighted by Gasteiger charge is -2.57. The molecule has 9 heteroatoms. The van der Waals surface area contributed by atoms with Crippen molar-refractivity contribution in [3.05, 3.63) is 64.2 Å². The number of amidine groups is 1. The van der Waals surface area contributed by atoms with E-state index < -0.39 is 35.5 Å². The van der Waals surface area contributed by atoms with Gasteiger partial charge in [-0.25, -0.2) is 13.2 Å². The summed E-state index contributed by atoms with van der Waals surface area (Å²) in [7, 11) is 0. The Morgan fingerprint density at radius 3 is 2.66 bits per heavy atom. The normalized spacial score (nSPS) is 23.2. The van der Waals surface area contributed by atoms with E-state index in [0.29, 0.717) is 22.4 Å². The van der Waals surface area contributed by atoms with Crippen LogP contribution in [0, 0.1) is 29.5 Å². The van der Waals surface area contributed by atoms with E-state index in [9.17, 15) is 18.0 Å². The molecular formula is C23H21F3N4OS. The van der Waals surface area contributed by atoms with Gasteiger partial charge >= 0.3 is 0 Å². The molecule has 1 atom stereocenters. The van der Waals surface area contributed by atoms with Crippen molar-refractivity contribution < 1.29 is 18.0 Å². The van der Waals surface area contributed by atoms with Crippen molar-refractivity contribution in [3.63, 3.8) is 0 Å². The summed E-state index contributed by atoms with van der Waals surface area (Å²) < 4.78 is 42.8. The second-order valence-electron chi connectivity index (χ2n) is 8.72. The molecule has 2 aliphatic rings. The second-order valence-corrected chi connectivity index (χ2v) is 9.71. The van der Waals surface area contributed by atoms with Crippen LogP contribution >= 0.6 is 11.8 Å². The van der Waals surface area contributed by atoms with Gasteiger partial charge in [0.25, 0.3) is 0 Å². The Balaban J connectivity index is 1.69. The number of carbonyl (C=O) groups is 1. The molecule has 166 valence electrons. The summed E-state index contributed by atoms with van der Waals surface area (Å²) in [5.41, 5.74) is 5.56. The average molecular weight is 459 g/mol. The molecule has 1 aromatic heterocycles. The van der Waals surface area contributed by atoms with Gasteiger partial charge < -0.3 is 5.73 Å². The molecule has 1 spiro atoms. The van der Waals surface area contributed by atoms with Crippen molar-refractivity contribution in [3.8, 4) is 6.07 Å². The number of Topliss-reactive ketones (excluding diaryl/α,β-unsaturated/α-hetero) is 1. The fraction of sp³-hybridized carbons (Fsp3) is 0.391. The van der Waals surface area contributed by atoms with Gasteiger partial charge in [-0.2, -0.15) is 5.26 Å². The third-order valence-corrected chi connectivity index (χ3v) is 7.53. The molecule has 2 heterocycles. The van der Waals surface area contributed by atoms with Crippen molar-refractivity contribution in [2.24, 2.45) is 16.1 Å². The summed E-state index contributed by atoms with van der Waals surface area (Å²) in [6, 6.07) is 7.80. The molecule has 4 rings (SSSR count). The molecule has 0 unspecified atom stereocenters. The number of halogens is 3. The summed E-state index contributed by atoms with van der Waals surface area (Å²) in [5.74, 6) is -3.35. The molecule has 2 aromatic rings. The first-order valence-electron chi connectivity index (χ1n) is 10.0. The number of ketones is 1. The van der Waals surface area contributed by atoms with E-state index in [1.807, 2.05) is 6.07 Å². The lowest BCUT2D eigenvalue weighted by atomic mass is 9.55. The summed E-state index contributed by atoms with van der Waals surface area (Å²) in [5, 5.41) is 9.20. The number of rotatable bonds is 4. The molecule has 1 fully saturated rings. The molecule has 5 nitrogen and oxygen atoms in total. The number of carbonyl (C=O) groups excluding carboxylic acids is 1. The Morgan fingerprint density at radius 1 is 1.31 bits per heavy atom. The molecule has 2 N–H and O–H groups in total. The summed E-state index contributed by atoms with van der Waals surface area (Å²) in [6.07, 6.45) is 0.490. The van der Waals surface area contributed by atoms with E-state index >= 15 is 0 Å². The third kappa shape index (κ3) is 3.66. The molecule has 1 aliphatic heterocycles. The van der Waals surface area contributed by atoms with Gasteiger partial charge in [0, 0.05) is 42.2 Å². The van der Waals surface area contributed by atoms with E-state index in [1.54, 1.807) is 19.9 Å². The maximum Gasteiger partial charge on any atom is 0.249 e. The number of aromatic nitrogens is 1. The van der Waals surface area contributed by atoms with Gasteiger partial charge in [-0.3, -0.25) is 14.8 Å². The number of benzene rings is 1. The number of nitrogens with two attached hydrogens (primary N) is 1. The van der Waals surface area contributed by atoms with Crippen molar-refractivity contribution in [2.45, 2.75) is 44.6 Å². The van der Waals surface area contributed by atoms with Crippen molar-refractivity contribution in [1.29, 1.82) is 5.26 Å². The van der Waals surface area contributed by atoms with Crippen LogP contribution in [0.2, 0.25) is 0 Å². The van der Waals surface area contributed by atoms with Crippen LogP contribution in [0.5, 0.6) is 0 Å². The standard InChI is InChI=1S/C23H21F3N4OS/c1-13-5-15(8-27)9-29-19(13)18(31)7-14-3-4-17(24)16(6-14)21(2)22(10-23(25,26)11-22)12-32-20(28)30-21/h3-6,9H,7,10-12H2,1-2H3,(H2,28,30)/t21-/m1/s1. The SMILES string of the molecule is Cc1cc(C#N)cnc1C(=O)Cc1ccc(F)c([C@@]2(C)N=C(N)SCC23CC(F)(F)C3)c1. The van der Waals surface area contributed by atoms with Gasteiger partial charge in [0.05, 0.1) is 11.1 Å². The molecule has 0 radical (unpaired) electrons. The molecule has 1 aliphatic carbocycles. The van der Waals surface area contributed by atoms with Gasteiger partial charge in [-0.1, -0.05) is 17.8 Å². The predicted molar refractivity (Wildman–Crippen MR) is 116 cm³/mol. The number of hydrogen-bond acceptors (Lipinski definition) is 6. The van der Waals surface area contributed by atoms with Crippen molar-refractivity contribution >= 4 is 22.7 Å². The highest BCUT2D eigenvalue weighted by Gasteiger charge is 2.66. The first kappa shape index (κ1) is 22.3. The number of aliphatic imine (C=N–C) groups is 1. The number of aryl methyl sites for hydroxylation is 1. The second kappa shape index (κ2) is 7.62. The Labute approximate surface area is 187 Å². The van der Waals surface area contributed by atoms with Crippen LogP contribution in [0.4, 0.5) is 13.2 Å². The number of pyridine rings is 1. The zero-order valence-corrected chi connectivity index (χ0v) is 18.4. The molecule has 0 saturated heterocycles. The van der Waals surface area contributed by atoms with Gasteiger partial charge in [-0.05, 0) is 43.2 Å². The third-order valence-electron chi connectivity index (χ3n) is 6.45. The maximum absolute atomic E-state index is 15.0. The lowest BCUT2D eigenvalue weighted by molar-refractivity contribution is -0.178. The summed E-state index contributed by atoms with van der Waals surface area (Å²) in [6.45, 7) is 3.33. The quantitative estimate of drug-likeness (QED) is 0.680. The Bertz CT molecular complexity index is 1180. The monoisotopic (exact) mass is 458 g/mol. The van der Waals surface area contributed by atoms with Gasteiger partial charge in [-0.15, -0.1) is 0 Å². The smallest absolute Gasteiger partial charge is 0.249 e. The number of hydrogen-bond donors (Lipinski definition) is 1. The zero-order valence-electron chi connectivity index (χ0n) is 17.6. The fourth-order valence-corrected chi connectivity index (χ4v) is 5.86. The highest BCUT2D eigenvalue weighted by atomic mass is 32.2. The predicted octanol–water partition coefficient (Wildman–Crippen LogP) is 4.52. The molecule has 1 saturated carbocycles. The van der Waals surface area contributed by atoms with E-state index in [0.717, 1.165) is 0 Å². The highest BCUT2D eigenvalue weighted by Crippen LogP contribution is 2.64. The largest absolute Gasteiger partial charge is 0.379 e. The Kier molecular flexibility index (Phi) is 5.32. The topological polar surface area (TPSA) is 92.1 Å². The van der Waals surface area contributed by atoms with Gasteiger partial charge in [0.1, 0.15) is 17.6 Å². The first-order valence-corrected chi connectivity index (χ1v) is 11.0. The van der Waals surface area contributed by atoms with Crippen LogP contribution in [-0.2, 0) is 12.0 Å². The van der Waals surface area contributed by atoms with E-state index in [2.05, 4.69) is 9.98 Å². The van der Waals surface area contributed by atoms with Crippen LogP contribution in [0.3, 0.4) is 0 Å². The lowest BCUT2D eigenvalue weighted by Crippen LogP contribution is -2.60. The summed E-state index contributed by atoms with van der Waals surface area (Å²) >= 11 is 1.21. The molecule has 1 aromatic carbocycles. The van der Waals surface area contributed by atoms with Crippen LogP contribution in [0.25, 0.3) is 0 Å². The van der Waals surface area contributed by atoms with Crippen LogP contribution in [-0.4, -0.2) is 27.6 Å². The zero-order chi connectivity index (χ0) is 23.3. The van der Waals surface area contributed by atoms with Crippen molar-refractivity contribution in [2.75, 3.05) is 5.75 Å². The Morgan fingerprint density at radius 2 is 2.03 bits per heavy atom. The van der Waals surface area contributed by atoms with E-state index in [4.69, 9.17) is 11.0 Å². The average Bonchev–Trinajstić information content (AvgIpc) is 2.70. The van der Waals surface area contributed by atoms with Crippen LogP contribution in [0.1, 0.15) is 52.5 Å². The molecule has 32 heavy (non-hydrogen) atoms. The number of alkyl halides is 2. The van der Waals surface area contributed by atoms with Gasteiger partial charge in [0.15, 0.2) is 11.0 Å². The highest BCUT2D eigenvalue weighted by molar-refractivity contribution is 8.13. The molecule has 0 bridgehead atoms. The minimum atomic E-state index is -2.81. The summed E-state index contributed by atoms with van der Waals surface area (Å²) in [4.78, 5) is 21.4. The molecular weight excluding hydrogens is 437 g/mol. The maximum atomic E-state index is 15.0. The molecule has 0 amide bonds. The van der Waals surface area contributed by atoms with Gasteiger partial charge in [0.2, 0.25) is 5.92 Å². The first-order chi connectivity index (χ1) is 15.0. The van der Waals surface area contributed by atoms with Crippen LogP contribution < -0.4 is 5.73 Å². The minimum absolute atomic E-state index is 0.0554. The number of thioether (sulfide) groups is 1. The fourth-order valence-electron chi connectivity index (χ4n) is 4.71. The number of nitriles is 1. The van der Waals surface area contributed by atoms with E-state index in [1.165, 1.54) is 36.2 Å². The van der Waals surface area contributed by atoms with Crippen molar-refractivity contribution in [1.82, 2.24) is 4.98 Å². The Hall–Kier alpha value is -2.86. The minimum Gasteiger partial charge on any atom is -0.379 e. The van der Waals surface area contributed by atoms with E-state index in [-0.39, 0.29) is 28.6 Å².